The summed E-state index contributed by atoms with van der Waals surface area (Å²) < 4.78 is 33.4. The van der Waals surface area contributed by atoms with Crippen LogP contribution in [0.4, 0.5) is 4.39 Å². The van der Waals surface area contributed by atoms with E-state index in [-0.39, 0.29) is 5.82 Å². The summed E-state index contributed by atoms with van der Waals surface area (Å²) in [7, 11) is -1.43. The van der Waals surface area contributed by atoms with Crippen LogP contribution in [0.3, 0.4) is 0 Å². The maximum absolute atomic E-state index is 15.5. The summed E-state index contributed by atoms with van der Waals surface area (Å²) in [6, 6.07) is 7.66. The van der Waals surface area contributed by atoms with Gasteiger partial charge in [0, 0.05) is 23.2 Å². The Morgan fingerprint density at radius 3 is 2.33 bits per heavy atom. The fraction of sp³-hybridized carbons (Fsp3) is 0.409. The molecule has 1 atom stereocenters. The van der Waals surface area contributed by atoms with Gasteiger partial charge < -0.3 is 4.57 Å². The summed E-state index contributed by atoms with van der Waals surface area (Å²) in [6.07, 6.45) is 7.90. The van der Waals surface area contributed by atoms with Gasteiger partial charge in [0.1, 0.15) is 11.0 Å². The lowest BCUT2D eigenvalue weighted by molar-refractivity contribution is 0.613. The predicted octanol–water partition coefficient (Wildman–Crippen LogP) is 5.54. The average Bonchev–Trinajstić information content (AvgIpc) is 3.36. The number of rotatable bonds is 5. The largest absolute Gasteiger partial charge is 0.316 e. The lowest BCUT2D eigenvalue weighted by Gasteiger charge is -2.15. The average molecular weight is 387 g/mol. The van der Waals surface area contributed by atoms with Crippen LogP contribution < -0.4 is 0 Å². The van der Waals surface area contributed by atoms with Crippen molar-refractivity contribution < 1.29 is 8.60 Å². The second-order valence-corrected chi connectivity index (χ2v) is 10.1. The highest BCUT2D eigenvalue weighted by Crippen LogP contribution is 2.32. The van der Waals surface area contributed by atoms with E-state index in [1.165, 1.54) is 19.1 Å². The van der Waals surface area contributed by atoms with E-state index in [1.807, 2.05) is 63.5 Å². The van der Waals surface area contributed by atoms with Gasteiger partial charge in [-0.05, 0) is 77.1 Å². The van der Waals surface area contributed by atoms with Gasteiger partial charge in [-0.25, -0.2) is 8.60 Å². The standard InChI is InChI=1S/C22H27FN2OS/c1-15-6-7-16(2)25(15)20-13-12-18(11-10-17-8-9-17)19(21(20)23)14-24-27(26)22(3,4)5/h6-7,10-14,17H,8-9H2,1-5H3/b11-10+,24-14+. The lowest BCUT2D eigenvalue weighted by atomic mass is 10.0. The van der Waals surface area contributed by atoms with Crippen LogP contribution in [-0.4, -0.2) is 19.7 Å². The number of halogens is 1. The Morgan fingerprint density at radius 2 is 1.78 bits per heavy atom. The van der Waals surface area contributed by atoms with E-state index in [1.54, 1.807) is 6.07 Å². The zero-order valence-corrected chi connectivity index (χ0v) is 17.4. The first-order chi connectivity index (χ1) is 12.7. The Labute approximate surface area is 163 Å². The van der Waals surface area contributed by atoms with Crippen LogP contribution >= 0.6 is 0 Å². The third-order valence-corrected chi connectivity index (χ3v) is 6.02. The van der Waals surface area contributed by atoms with Crippen molar-refractivity contribution in [3.63, 3.8) is 0 Å². The molecule has 2 aromatic rings. The Hall–Kier alpha value is -2.01. The Kier molecular flexibility index (Phi) is 5.52. The molecule has 1 aliphatic carbocycles. The van der Waals surface area contributed by atoms with E-state index >= 15 is 4.39 Å². The molecular weight excluding hydrogens is 359 g/mol. The first kappa shape index (κ1) is 19.7. The third-order valence-electron chi connectivity index (χ3n) is 4.68. The Morgan fingerprint density at radius 1 is 1.15 bits per heavy atom. The molecule has 1 aromatic heterocycles. The normalized spacial score (nSPS) is 16.5. The van der Waals surface area contributed by atoms with Gasteiger partial charge in [0.15, 0.2) is 5.82 Å². The maximum atomic E-state index is 15.5. The zero-order valence-electron chi connectivity index (χ0n) is 16.6. The van der Waals surface area contributed by atoms with Crippen LogP contribution in [0.15, 0.2) is 34.7 Å². The molecule has 1 heterocycles. The van der Waals surface area contributed by atoms with Gasteiger partial charge in [0.2, 0.25) is 0 Å². The van der Waals surface area contributed by atoms with Crippen molar-refractivity contribution in [3.05, 3.63) is 58.7 Å². The summed E-state index contributed by atoms with van der Waals surface area (Å²) >= 11 is 0. The molecule has 1 saturated carbocycles. The van der Waals surface area contributed by atoms with E-state index in [2.05, 4.69) is 10.5 Å². The van der Waals surface area contributed by atoms with Crippen molar-refractivity contribution >= 4 is 23.3 Å². The quantitative estimate of drug-likeness (QED) is 0.622. The van der Waals surface area contributed by atoms with E-state index in [4.69, 9.17) is 0 Å². The van der Waals surface area contributed by atoms with E-state index in [0.717, 1.165) is 17.0 Å². The number of hydrogen-bond donors (Lipinski definition) is 0. The number of hydrogen-bond acceptors (Lipinski definition) is 1. The van der Waals surface area contributed by atoms with Crippen molar-refractivity contribution in [2.45, 2.75) is 52.2 Å². The number of nitrogens with zero attached hydrogens (tertiary/aromatic N) is 2. The minimum atomic E-state index is -1.43. The molecular formula is C22H27FN2OS. The van der Waals surface area contributed by atoms with Crippen LogP contribution in [0.1, 0.15) is 56.1 Å². The predicted molar refractivity (Wildman–Crippen MR) is 112 cm³/mol. The van der Waals surface area contributed by atoms with Gasteiger partial charge in [-0.2, -0.15) is 4.40 Å². The summed E-state index contributed by atoms with van der Waals surface area (Å²) in [5, 5.41) is 0. The summed E-state index contributed by atoms with van der Waals surface area (Å²) in [5.41, 5.74) is 3.57. The molecule has 1 unspecified atom stereocenters. The van der Waals surface area contributed by atoms with E-state index in [9.17, 15) is 4.21 Å². The molecule has 0 radical (unpaired) electrons. The Bertz CT molecular complexity index is 911. The molecule has 144 valence electrons. The first-order valence-electron chi connectivity index (χ1n) is 9.30. The summed E-state index contributed by atoms with van der Waals surface area (Å²) in [5.74, 6) is 0.250. The van der Waals surface area contributed by atoms with Gasteiger partial charge >= 0.3 is 0 Å². The second-order valence-electron chi connectivity index (χ2n) is 8.15. The molecule has 1 aliphatic rings. The van der Waals surface area contributed by atoms with Crippen LogP contribution in [-0.2, 0) is 11.0 Å². The van der Waals surface area contributed by atoms with Crippen molar-refractivity contribution in [2.24, 2.45) is 10.3 Å². The molecule has 5 heteroatoms. The minimum Gasteiger partial charge on any atom is -0.316 e. The monoisotopic (exact) mass is 386 g/mol. The fourth-order valence-corrected chi connectivity index (χ4v) is 3.40. The van der Waals surface area contributed by atoms with Crippen molar-refractivity contribution in [3.8, 4) is 5.69 Å². The topological polar surface area (TPSA) is 34.4 Å². The molecule has 27 heavy (non-hydrogen) atoms. The van der Waals surface area contributed by atoms with Gasteiger partial charge in [-0.1, -0.05) is 18.2 Å². The second kappa shape index (κ2) is 7.55. The maximum Gasteiger partial charge on any atom is 0.156 e. The van der Waals surface area contributed by atoms with Crippen molar-refractivity contribution in [2.75, 3.05) is 0 Å². The summed E-state index contributed by atoms with van der Waals surface area (Å²) in [6.45, 7) is 9.47. The van der Waals surface area contributed by atoms with Crippen molar-refractivity contribution in [1.29, 1.82) is 0 Å². The highest BCUT2D eigenvalue weighted by molar-refractivity contribution is 7.85. The third kappa shape index (κ3) is 4.46. The minimum absolute atomic E-state index is 0.343. The van der Waals surface area contributed by atoms with Gasteiger partial charge in [0.05, 0.1) is 10.4 Å². The van der Waals surface area contributed by atoms with Gasteiger partial charge in [-0.15, -0.1) is 0 Å². The first-order valence-corrected chi connectivity index (χ1v) is 10.4. The fourth-order valence-electron chi connectivity index (χ4n) is 2.88. The molecule has 1 fully saturated rings. The van der Waals surface area contributed by atoms with Gasteiger partial charge in [0.25, 0.3) is 0 Å². The highest BCUT2D eigenvalue weighted by Gasteiger charge is 2.21. The van der Waals surface area contributed by atoms with E-state index < -0.39 is 15.7 Å². The smallest absolute Gasteiger partial charge is 0.156 e. The number of aromatic nitrogens is 1. The number of allylic oxidation sites excluding steroid dienone is 1. The number of aryl methyl sites for hydroxylation is 2. The molecule has 0 spiro atoms. The molecule has 0 saturated heterocycles. The van der Waals surface area contributed by atoms with Crippen LogP contribution in [0.25, 0.3) is 11.8 Å². The Balaban J connectivity index is 2.09. The highest BCUT2D eigenvalue weighted by atomic mass is 32.2. The molecule has 0 bridgehead atoms. The summed E-state index contributed by atoms with van der Waals surface area (Å²) in [4.78, 5) is 0. The zero-order chi connectivity index (χ0) is 19.8. The molecule has 3 rings (SSSR count). The van der Waals surface area contributed by atoms with Crippen molar-refractivity contribution in [1.82, 2.24) is 4.57 Å². The SMILES string of the molecule is Cc1ccc(C)n1-c1ccc(/C=C/C2CC2)c(/C=N/S(=O)C(C)(C)C)c1F. The van der Waals surface area contributed by atoms with E-state index in [0.29, 0.717) is 17.2 Å². The molecule has 0 N–H and O–H groups in total. The molecule has 1 aromatic carbocycles. The number of benzene rings is 1. The molecule has 0 aliphatic heterocycles. The molecule has 3 nitrogen and oxygen atoms in total. The molecule has 0 amide bonds. The van der Waals surface area contributed by atoms with Crippen LogP contribution in [0.2, 0.25) is 0 Å². The lowest BCUT2D eigenvalue weighted by Crippen LogP contribution is -2.19. The van der Waals surface area contributed by atoms with Crippen LogP contribution in [0, 0.1) is 25.6 Å². The van der Waals surface area contributed by atoms with Gasteiger partial charge in [-0.3, -0.25) is 0 Å². The van der Waals surface area contributed by atoms with Crippen LogP contribution in [0.5, 0.6) is 0 Å².